The second-order valence-electron chi connectivity index (χ2n) is 6.29. The predicted molar refractivity (Wildman–Crippen MR) is 91.5 cm³/mol. The van der Waals surface area contributed by atoms with Crippen LogP contribution in [0.4, 0.5) is 8.78 Å². The molecular formula is C19H18F2N2O4. The minimum absolute atomic E-state index is 0.159. The van der Waals surface area contributed by atoms with Crippen LogP contribution in [0.2, 0.25) is 0 Å². The lowest BCUT2D eigenvalue weighted by Gasteiger charge is -2.25. The molecule has 2 aromatic rings. The molecule has 2 aromatic carbocycles. The SMILES string of the molecule is O=C(NCc1ccccc1)C1[C@H](O)[C@@H](O)CN1C(=O)c1ccc(F)cc1F. The fraction of sp³-hybridized carbons (Fsp3) is 0.263. The van der Waals surface area contributed by atoms with Crippen LogP contribution < -0.4 is 5.32 Å². The van der Waals surface area contributed by atoms with Crippen molar-refractivity contribution in [3.63, 3.8) is 0 Å². The number of hydrogen-bond donors (Lipinski definition) is 3. The highest BCUT2D eigenvalue weighted by Gasteiger charge is 2.47. The summed E-state index contributed by atoms with van der Waals surface area (Å²) in [5.74, 6) is -3.52. The first-order chi connectivity index (χ1) is 12.9. The van der Waals surface area contributed by atoms with E-state index in [4.69, 9.17) is 0 Å². The van der Waals surface area contributed by atoms with E-state index in [2.05, 4.69) is 5.32 Å². The number of amides is 2. The number of nitrogens with one attached hydrogen (secondary N) is 1. The Morgan fingerprint density at radius 2 is 1.81 bits per heavy atom. The quantitative estimate of drug-likeness (QED) is 0.737. The third-order valence-electron chi connectivity index (χ3n) is 4.44. The molecule has 1 heterocycles. The number of aliphatic hydroxyl groups excluding tert-OH is 2. The molecule has 0 radical (unpaired) electrons. The van der Waals surface area contributed by atoms with Gasteiger partial charge in [-0.25, -0.2) is 8.78 Å². The second kappa shape index (κ2) is 7.81. The van der Waals surface area contributed by atoms with Crippen LogP contribution >= 0.6 is 0 Å². The zero-order valence-corrected chi connectivity index (χ0v) is 14.2. The Bertz CT molecular complexity index is 847. The number of hydrogen-bond acceptors (Lipinski definition) is 4. The standard InChI is InChI=1S/C19H18F2N2O4/c20-12-6-7-13(14(21)8-12)19(27)23-10-15(24)17(25)16(23)18(26)22-9-11-4-2-1-3-5-11/h1-8,15-17,24-25H,9-10H2,(H,22,26)/t15-,16?,17+/m0/s1. The zero-order valence-electron chi connectivity index (χ0n) is 14.2. The second-order valence-corrected chi connectivity index (χ2v) is 6.29. The average Bonchev–Trinajstić information content (AvgIpc) is 2.95. The Balaban J connectivity index is 1.79. The van der Waals surface area contributed by atoms with Crippen molar-refractivity contribution >= 4 is 11.8 Å². The molecule has 3 N–H and O–H groups in total. The minimum atomic E-state index is -1.52. The molecule has 142 valence electrons. The Labute approximate surface area is 154 Å². The summed E-state index contributed by atoms with van der Waals surface area (Å²) in [6.45, 7) is -0.188. The summed E-state index contributed by atoms with van der Waals surface area (Å²) in [5, 5.41) is 22.6. The van der Waals surface area contributed by atoms with Gasteiger partial charge in [-0.1, -0.05) is 30.3 Å². The number of benzene rings is 2. The van der Waals surface area contributed by atoms with Gasteiger partial charge < -0.3 is 20.4 Å². The van der Waals surface area contributed by atoms with Gasteiger partial charge in [0.1, 0.15) is 29.9 Å². The Morgan fingerprint density at radius 3 is 2.48 bits per heavy atom. The molecule has 8 heteroatoms. The van der Waals surface area contributed by atoms with Gasteiger partial charge in [-0.15, -0.1) is 0 Å². The van der Waals surface area contributed by atoms with Gasteiger partial charge in [0, 0.05) is 12.6 Å². The molecule has 3 rings (SSSR count). The minimum Gasteiger partial charge on any atom is -0.388 e. The summed E-state index contributed by atoms with van der Waals surface area (Å²) in [5.41, 5.74) is 0.361. The van der Waals surface area contributed by atoms with Crippen molar-refractivity contribution in [3.8, 4) is 0 Å². The lowest BCUT2D eigenvalue weighted by Crippen LogP contribution is -2.50. The molecule has 0 bridgehead atoms. The third kappa shape index (κ3) is 3.96. The topological polar surface area (TPSA) is 89.9 Å². The van der Waals surface area contributed by atoms with E-state index in [1.807, 2.05) is 6.07 Å². The van der Waals surface area contributed by atoms with E-state index in [9.17, 15) is 28.6 Å². The van der Waals surface area contributed by atoms with Crippen molar-refractivity contribution in [2.24, 2.45) is 0 Å². The first-order valence-corrected chi connectivity index (χ1v) is 8.32. The number of aliphatic hydroxyl groups is 2. The van der Waals surface area contributed by atoms with Crippen LogP contribution in [0.1, 0.15) is 15.9 Å². The van der Waals surface area contributed by atoms with Gasteiger partial charge in [0.2, 0.25) is 5.91 Å². The molecule has 1 aliphatic heterocycles. The van der Waals surface area contributed by atoms with Gasteiger partial charge in [0.15, 0.2) is 0 Å². The highest BCUT2D eigenvalue weighted by Crippen LogP contribution is 2.23. The van der Waals surface area contributed by atoms with Gasteiger partial charge in [0.05, 0.1) is 12.1 Å². The number of nitrogens with zero attached hydrogens (tertiary/aromatic N) is 1. The van der Waals surface area contributed by atoms with Crippen molar-refractivity contribution < 1.29 is 28.6 Å². The third-order valence-corrected chi connectivity index (χ3v) is 4.44. The number of carbonyl (C=O) groups excluding carboxylic acids is 2. The van der Waals surface area contributed by atoms with Crippen molar-refractivity contribution in [1.29, 1.82) is 0 Å². The molecule has 27 heavy (non-hydrogen) atoms. The molecule has 2 amide bonds. The van der Waals surface area contributed by atoms with Gasteiger partial charge >= 0.3 is 0 Å². The van der Waals surface area contributed by atoms with Crippen LogP contribution in [0.25, 0.3) is 0 Å². The van der Waals surface area contributed by atoms with Crippen molar-refractivity contribution in [1.82, 2.24) is 10.2 Å². The monoisotopic (exact) mass is 376 g/mol. The number of carbonyl (C=O) groups is 2. The summed E-state index contributed by atoms with van der Waals surface area (Å²) in [6, 6.07) is 10.0. The number of β-amino-alcohol motifs (C(OH)–C–C–N with tert-alkyl or cyclic N) is 1. The fourth-order valence-corrected chi connectivity index (χ4v) is 3.03. The molecule has 1 saturated heterocycles. The Kier molecular flexibility index (Phi) is 5.48. The highest BCUT2D eigenvalue weighted by molar-refractivity contribution is 5.98. The summed E-state index contributed by atoms with van der Waals surface area (Å²) >= 11 is 0. The summed E-state index contributed by atoms with van der Waals surface area (Å²) in [6.07, 6.45) is -2.88. The van der Waals surface area contributed by atoms with Crippen molar-refractivity contribution in [3.05, 3.63) is 71.3 Å². The van der Waals surface area contributed by atoms with Gasteiger partial charge in [-0.3, -0.25) is 9.59 Å². The Morgan fingerprint density at radius 1 is 1.11 bits per heavy atom. The molecule has 0 aromatic heterocycles. The smallest absolute Gasteiger partial charge is 0.257 e. The van der Waals surface area contributed by atoms with Gasteiger partial charge in [0.25, 0.3) is 5.91 Å². The zero-order chi connectivity index (χ0) is 19.6. The molecular weight excluding hydrogens is 358 g/mol. The molecule has 0 spiro atoms. The first kappa shape index (κ1) is 18.9. The summed E-state index contributed by atoms with van der Waals surface area (Å²) < 4.78 is 27.0. The first-order valence-electron chi connectivity index (χ1n) is 8.32. The normalized spacial score (nSPS) is 21.9. The van der Waals surface area contributed by atoms with E-state index in [1.165, 1.54) is 0 Å². The molecule has 6 nitrogen and oxygen atoms in total. The molecule has 1 fully saturated rings. The van der Waals surface area contributed by atoms with E-state index in [0.717, 1.165) is 22.6 Å². The Hall–Kier alpha value is -2.84. The predicted octanol–water partition coefficient (Wildman–Crippen LogP) is 0.827. The van der Waals surface area contributed by atoms with Crippen LogP contribution in [-0.2, 0) is 11.3 Å². The molecule has 0 saturated carbocycles. The maximum atomic E-state index is 13.9. The van der Waals surface area contributed by atoms with Crippen LogP contribution in [0, 0.1) is 11.6 Å². The maximum Gasteiger partial charge on any atom is 0.257 e. The number of halogens is 2. The lowest BCUT2D eigenvalue weighted by molar-refractivity contribution is -0.128. The largest absolute Gasteiger partial charge is 0.388 e. The highest BCUT2D eigenvalue weighted by atomic mass is 19.1. The molecule has 1 unspecified atom stereocenters. The molecule has 1 aliphatic rings. The lowest BCUT2D eigenvalue weighted by atomic mass is 10.1. The van der Waals surface area contributed by atoms with Crippen molar-refractivity contribution in [2.75, 3.05) is 6.54 Å². The van der Waals surface area contributed by atoms with Gasteiger partial charge in [-0.2, -0.15) is 0 Å². The van der Waals surface area contributed by atoms with E-state index in [1.54, 1.807) is 24.3 Å². The van der Waals surface area contributed by atoms with Crippen molar-refractivity contribution in [2.45, 2.75) is 24.8 Å². The van der Waals surface area contributed by atoms with Crippen LogP contribution in [0.5, 0.6) is 0 Å². The van der Waals surface area contributed by atoms with Crippen LogP contribution in [0.15, 0.2) is 48.5 Å². The number of likely N-dealkylation sites (tertiary alicyclic amines) is 1. The van der Waals surface area contributed by atoms with E-state index in [-0.39, 0.29) is 13.1 Å². The molecule has 3 atom stereocenters. The summed E-state index contributed by atoms with van der Waals surface area (Å²) in [7, 11) is 0. The average molecular weight is 376 g/mol. The van der Waals surface area contributed by atoms with E-state index < -0.39 is 47.3 Å². The van der Waals surface area contributed by atoms with E-state index in [0.29, 0.717) is 6.07 Å². The fourth-order valence-electron chi connectivity index (χ4n) is 3.03. The van der Waals surface area contributed by atoms with E-state index >= 15 is 0 Å². The van der Waals surface area contributed by atoms with Gasteiger partial charge in [-0.05, 0) is 17.7 Å². The van der Waals surface area contributed by atoms with Crippen LogP contribution in [0.3, 0.4) is 0 Å². The van der Waals surface area contributed by atoms with Crippen LogP contribution in [-0.4, -0.2) is 51.7 Å². The maximum absolute atomic E-state index is 13.9. The summed E-state index contributed by atoms with van der Waals surface area (Å²) in [4.78, 5) is 26.0. The number of rotatable bonds is 4. The molecule has 0 aliphatic carbocycles.